The summed E-state index contributed by atoms with van der Waals surface area (Å²) in [5, 5.41) is 10.7. The van der Waals surface area contributed by atoms with Crippen molar-refractivity contribution in [3.05, 3.63) is 48.5 Å². The van der Waals surface area contributed by atoms with Gasteiger partial charge in [0.2, 0.25) is 0 Å². The fourth-order valence-electron chi connectivity index (χ4n) is 4.31. The molecule has 0 spiro atoms. The van der Waals surface area contributed by atoms with Crippen molar-refractivity contribution >= 4 is 22.6 Å². The average Bonchev–Trinajstić information content (AvgIpc) is 2.86. The van der Waals surface area contributed by atoms with Crippen molar-refractivity contribution in [2.24, 2.45) is 0 Å². The molecule has 0 unspecified atom stereocenters. The van der Waals surface area contributed by atoms with E-state index in [-0.39, 0.29) is 18.1 Å². The van der Waals surface area contributed by atoms with Gasteiger partial charge in [0.1, 0.15) is 11.3 Å². The minimum absolute atomic E-state index is 0.0739. The monoisotopic (exact) mass is 434 g/mol. The highest BCUT2D eigenvalue weighted by Gasteiger charge is 2.25. The molecule has 0 atom stereocenters. The van der Waals surface area contributed by atoms with E-state index in [1.165, 1.54) is 0 Å². The SMILES string of the molecule is O=C(NC1CCC(Oc2cc(N3CCOCC3)cc3nccnc23)CC1)c1cccnn1. The Morgan fingerprint density at radius 1 is 1.06 bits per heavy atom. The van der Waals surface area contributed by atoms with Crippen LogP contribution in [-0.4, -0.2) is 64.5 Å². The molecule has 32 heavy (non-hydrogen) atoms. The first-order chi connectivity index (χ1) is 15.8. The fourth-order valence-corrected chi connectivity index (χ4v) is 4.31. The van der Waals surface area contributed by atoms with Gasteiger partial charge >= 0.3 is 0 Å². The number of amides is 1. The minimum Gasteiger partial charge on any atom is -0.488 e. The van der Waals surface area contributed by atoms with Crippen LogP contribution < -0.4 is 15.0 Å². The Hall–Kier alpha value is -3.33. The Kier molecular flexibility index (Phi) is 6.06. The van der Waals surface area contributed by atoms with E-state index in [1.807, 2.05) is 0 Å². The number of morpholine rings is 1. The largest absolute Gasteiger partial charge is 0.488 e. The lowest BCUT2D eigenvalue weighted by atomic mass is 9.92. The van der Waals surface area contributed by atoms with Crippen LogP contribution in [0.2, 0.25) is 0 Å². The molecule has 166 valence electrons. The molecule has 1 N–H and O–H groups in total. The minimum atomic E-state index is -0.179. The molecule has 3 aromatic rings. The third-order valence-corrected chi connectivity index (χ3v) is 6.01. The van der Waals surface area contributed by atoms with Crippen molar-refractivity contribution in [3.8, 4) is 5.75 Å². The third-order valence-electron chi connectivity index (χ3n) is 6.01. The van der Waals surface area contributed by atoms with Crippen molar-refractivity contribution in [2.45, 2.75) is 37.8 Å². The van der Waals surface area contributed by atoms with Gasteiger partial charge in [0.25, 0.3) is 5.91 Å². The second-order valence-corrected chi connectivity index (χ2v) is 8.14. The number of hydrogen-bond donors (Lipinski definition) is 1. The number of nitrogens with zero attached hydrogens (tertiary/aromatic N) is 5. The molecule has 2 fully saturated rings. The third kappa shape index (κ3) is 4.62. The van der Waals surface area contributed by atoms with Crippen molar-refractivity contribution in [3.63, 3.8) is 0 Å². The van der Waals surface area contributed by atoms with Gasteiger partial charge in [-0.1, -0.05) is 0 Å². The van der Waals surface area contributed by atoms with Crippen molar-refractivity contribution in [1.29, 1.82) is 0 Å². The predicted molar refractivity (Wildman–Crippen MR) is 119 cm³/mol. The Morgan fingerprint density at radius 3 is 2.66 bits per heavy atom. The van der Waals surface area contributed by atoms with Gasteiger partial charge in [0.05, 0.1) is 24.8 Å². The second-order valence-electron chi connectivity index (χ2n) is 8.14. The molecule has 1 aromatic carbocycles. The number of carbonyl (C=O) groups is 1. The topological polar surface area (TPSA) is 102 Å². The van der Waals surface area contributed by atoms with E-state index < -0.39 is 0 Å². The molecule has 2 aliphatic rings. The number of aromatic nitrogens is 4. The zero-order chi connectivity index (χ0) is 21.8. The first-order valence-electron chi connectivity index (χ1n) is 11.1. The van der Waals surface area contributed by atoms with Crippen LogP contribution in [0, 0.1) is 0 Å². The molecule has 1 aliphatic carbocycles. The molecule has 1 amide bonds. The molecule has 2 aromatic heterocycles. The zero-order valence-corrected chi connectivity index (χ0v) is 17.8. The maximum atomic E-state index is 12.3. The molecule has 0 bridgehead atoms. The van der Waals surface area contributed by atoms with Gasteiger partial charge in [-0.05, 0) is 43.9 Å². The smallest absolute Gasteiger partial charge is 0.272 e. The van der Waals surface area contributed by atoms with Crippen LogP contribution in [0.25, 0.3) is 11.0 Å². The predicted octanol–water partition coefficient (Wildman–Crippen LogP) is 2.38. The van der Waals surface area contributed by atoms with Crippen LogP contribution in [0.1, 0.15) is 36.2 Å². The number of carbonyl (C=O) groups excluding carboxylic acids is 1. The Balaban J connectivity index is 1.25. The summed E-state index contributed by atoms with van der Waals surface area (Å²) in [5.41, 5.74) is 3.04. The first kappa shape index (κ1) is 20.6. The van der Waals surface area contributed by atoms with E-state index in [0.29, 0.717) is 5.69 Å². The van der Waals surface area contributed by atoms with E-state index >= 15 is 0 Å². The van der Waals surface area contributed by atoms with Crippen molar-refractivity contribution in [2.75, 3.05) is 31.2 Å². The van der Waals surface area contributed by atoms with Gasteiger partial charge in [-0.25, -0.2) is 4.98 Å². The summed E-state index contributed by atoms with van der Waals surface area (Å²) in [6, 6.07) is 7.64. The highest BCUT2D eigenvalue weighted by molar-refractivity contribution is 5.92. The lowest BCUT2D eigenvalue weighted by Crippen LogP contribution is -2.40. The van der Waals surface area contributed by atoms with Crippen LogP contribution in [0.3, 0.4) is 0 Å². The van der Waals surface area contributed by atoms with Gasteiger partial charge in [0.15, 0.2) is 5.69 Å². The summed E-state index contributed by atoms with van der Waals surface area (Å²) in [7, 11) is 0. The number of benzene rings is 1. The summed E-state index contributed by atoms with van der Waals surface area (Å²) < 4.78 is 11.9. The Bertz CT molecular complexity index is 1070. The number of hydrogen-bond acceptors (Lipinski definition) is 8. The molecule has 0 radical (unpaired) electrons. The number of fused-ring (bicyclic) bond motifs is 1. The van der Waals surface area contributed by atoms with E-state index in [0.717, 1.165) is 74.5 Å². The summed E-state index contributed by atoms with van der Waals surface area (Å²) >= 11 is 0. The van der Waals surface area contributed by atoms with Gasteiger partial charge in [0, 0.05) is 49.5 Å². The molecule has 5 rings (SSSR count). The lowest BCUT2D eigenvalue weighted by molar-refractivity contribution is 0.0889. The zero-order valence-electron chi connectivity index (χ0n) is 17.8. The average molecular weight is 435 g/mol. The maximum Gasteiger partial charge on any atom is 0.272 e. The van der Waals surface area contributed by atoms with Gasteiger partial charge in [-0.15, -0.1) is 5.10 Å². The normalized spacial score (nSPS) is 21.3. The number of nitrogens with one attached hydrogen (secondary N) is 1. The van der Waals surface area contributed by atoms with Crippen LogP contribution >= 0.6 is 0 Å². The van der Waals surface area contributed by atoms with Gasteiger partial charge < -0.3 is 19.7 Å². The number of anilines is 1. The van der Waals surface area contributed by atoms with Crippen molar-refractivity contribution in [1.82, 2.24) is 25.5 Å². The Labute approximate surface area is 186 Å². The first-order valence-corrected chi connectivity index (χ1v) is 11.1. The molecule has 1 saturated heterocycles. The van der Waals surface area contributed by atoms with Crippen LogP contribution in [0.5, 0.6) is 5.75 Å². The molecule has 9 heteroatoms. The summed E-state index contributed by atoms with van der Waals surface area (Å²) in [6.45, 7) is 3.14. The summed E-state index contributed by atoms with van der Waals surface area (Å²) in [6.07, 6.45) is 8.45. The quantitative estimate of drug-likeness (QED) is 0.653. The molecule has 3 heterocycles. The molecular weight excluding hydrogens is 408 g/mol. The van der Waals surface area contributed by atoms with E-state index in [9.17, 15) is 4.79 Å². The van der Waals surface area contributed by atoms with Crippen molar-refractivity contribution < 1.29 is 14.3 Å². The molecule has 9 nitrogen and oxygen atoms in total. The number of rotatable bonds is 5. The molecule has 1 aliphatic heterocycles. The number of ether oxygens (including phenoxy) is 2. The summed E-state index contributed by atoms with van der Waals surface area (Å²) in [4.78, 5) is 23.7. The van der Waals surface area contributed by atoms with E-state index in [4.69, 9.17) is 9.47 Å². The Morgan fingerprint density at radius 2 is 1.88 bits per heavy atom. The fraction of sp³-hybridized carbons (Fsp3) is 0.435. The van der Waals surface area contributed by atoms with E-state index in [2.05, 4.69) is 42.5 Å². The molecule has 1 saturated carbocycles. The maximum absolute atomic E-state index is 12.3. The summed E-state index contributed by atoms with van der Waals surface area (Å²) in [5.74, 6) is 0.589. The van der Waals surface area contributed by atoms with Crippen LogP contribution in [0.4, 0.5) is 5.69 Å². The van der Waals surface area contributed by atoms with E-state index in [1.54, 1.807) is 30.7 Å². The lowest BCUT2D eigenvalue weighted by Gasteiger charge is -2.31. The highest BCUT2D eigenvalue weighted by Crippen LogP contribution is 2.33. The molecular formula is C23H26N6O3. The van der Waals surface area contributed by atoms with Gasteiger partial charge in [-0.3, -0.25) is 9.78 Å². The van der Waals surface area contributed by atoms with Crippen LogP contribution in [0.15, 0.2) is 42.9 Å². The standard InChI is InChI=1S/C23H26N6O3/c30-23(19-2-1-7-26-28-19)27-16-3-5-18(6-4-16)32-21-15-17(29-10-12-31-13-11-29)14-20-22(21)25-9-8-24-20/h1-2,7-9,14-16,18H,3-6,10-13H2,(H,27,30). The van der Waals surface area contributed by atoms with Gasteiger partial charge in [-0.2, -0.15) is 5.10 Å². The highest BCUT2D eigenvalue weighted by atomic mass is 16.5. The second kappa shape index (κ2) is 9.44. The van der Waals surface area contributed by atoms with Crippen LogP contribution in [-0.2, 0) is 4.74 Å².